The Bertz CT molecular complexity index is 832. The molecule has 0 aromatic heterocycles. The van der Waals surface area contributed by atoms with Crippen molar-refractivity contribution in [3.8, 4) is 11.8 Å². The number of nitrogens with one attached hydrogen (secondary N) is 1. The fraction of sp³-hybridized carbons (Fsp3) is 0.125. The van der Waals surface area contributed by atoms with E-state index < -0.39 is 28.4 Å². The Hall–Kier alpha value is -3.47. The van der Waals surface area contributed by atoms with Gasteiger partial charge in [0.25, 0.3) is 11.6 Å². The van der Waals surface area contributed by atoms with Crippen LogP contribution in [0.1, 0.15) is 22.0 Å². The lowest BCUT2D eigenvalue weighted by Gasteiger charge is -2.15. The van der Waals surface area contributed by atoms with Gasteiger partial charge in [0.15, 0.2) is 0 Å². The number of carbonyl (C=O) groups excluding carboxylic acids is 1. The zero-order valence-corrected chi connectivity index (χ0v) is 12.5. The van der Waals surface area contributed by atoms with Crippen molar-refractivity contribution in [3.05, 3.63) is 69.5 Å². The second-order valence-corrected chi connectivity index (χ2v) is 4.70. The predicted octanol–water partition coefficient (Wildman–Crippen LogP) is 2.74. The molecule has 0 saturated heterocycles. The van der Waals surface area contributed by atoms with Gasteiger partial charge in [-0.3, -0.25) is 14.9 Å². The highest BCUT2D eigenvalue weighted by Gasteiger charge is 2.24. The third-order valence-corrected chi connectivity index (χ3v) is 3.26. The van der Waals surface area contributed by atoms with Gasteiger partial charge in [0.1, 0.15) is 23.2 Å². The molecule has 24 heavy (non-hydrogen) atoms. The number of hydrogen-bond acceptors (Lipinski definition) is 5. The Morgan fingerprint density at radius 3 is 2.71 bits per heavy atom. The number of para-hydroxylation sites is 1. The SMILES string of the molecule is COc1ccccc1C(C#N)NC(=O)c1ccc(F)cc1[N+](=O)[O-]. The molecule has 2 aromatic rings. The maximum Gasteiger partial charge on any atom is 0.285 e. The van der Waals surface area contributed by atoms with Gasteiger partial charge in [0, 0.05) is 5.56 Å². The summed E-state index contributed by atoms with van der Waals surface area (Å²) < 4.78 is 18.3. The normalized spacial score (nSPS) is 11.2. The van der Waals surface area contributed by atoms with Crippen molar-refractivity contribution in [2.75, 3.05) is 7.11 Å². The summed E-state index contributed by atoms with van der Waals surface area (Å²) in [6.07, 6.45) is 0. The van der Waals surface area contributed by atoms with Gasteiger partial charge in [-0.1, -0.05) is 18.2 Å². The molecule has 0 saturated carbocycles. The summed E-state index contributed by atoms with van der Waals surface area (Å²) in [5, 5.41) is 22.7. The molecule has 1 amide bonds. The standard InChI is InChI=1S/C16H12FN3O4/c1-24-15-5-3-2-4-11(15)13(9-18)19-16(21)12-7-6-10(17)8-14(12)20(22)23/h2-8,13H,1H3,(H,19,21). The van der Waals surface area contributed by atoms with Gasteiger partial charge < -0.3 is 10.1 Å². The van der Waals surface area contributed by atoms with E-state index >= 15 is 0 Å². The van der Waals surface area contributed by atoms with Crippen LogP contribution in [0.5, 0.6) is 5.75 Å². The first-order valence-electron chi connectivity index (χ1n) is 6.75. The number of nitrogens with zero attached hydrogens (tertiary/aromatic N) is 2. The highest BCUT2D eigenvalue weighted by atomic mass is 19.1. The second kappa shape index (κ2) is 7.19. The summed E-state index contributed by atoms with van der Waals surface area (Å²) in [7, 11) is 1.42. The maximum absolute atomic E-state index is 13.2. The van der Waals surface area contributed by atoms with E-state index in [2.05, 4.69) is 5.32 Å². The molecule has 0 aliphatic carbocycles. The molecule has 1 N–H and O–H groups in total. The predicted molar refractivity (Wildman–Crippen MR) is 81.9 cm³/mol. The summed E-state index contributed by atoms with van der Waals surface area (Å²) in [4.78, 5) is 22.4. The van der Waals surface area contributed by atoms with E-state index in [0.29, 0.717) is 17.4 Å². The van der Waals surface area contributed by atoms with Crippen LogP contribution in [0, 0.1) is 27.3 Å². The number of carbonyl (C=O) groups is 1. The number of halogens is 1. The number of benzene rings is 2. The Morgan fingerprint density at radius 1 is 1.38 bits per heavy atom. The lowest BCUT2D eigenvalue weighted by atomic mass is 10.1. The lowest BCUT2D eigenvalue weighted by molar-refractivity contribution is -0.385. The number of nitriles is 1. The molecule has 8 heteroatoms. The second-order valence-electron chi connectivity index (χ2n) is 4.70. The highest BCUT2D eigenvalue weighted by molar-refractivity contribution is 5.98. The number of nitro groups is 1. The van der Waals surface area contributed by atoms with Crippen LogP contribution in [-0.2, 0) is 0 Å². The summed E-state index contributed by atoms with van der Waals surface area (Å²) in [5.74, 6) is -1.31. The molecule has 122 valence electrons. The minimum Gasteiger partial charge on any atom is -0.496 e. The lowest BCUT2D eigenvalue weighted by Crippen LogP contribution is -2.28. The molecule has 0 heterocycles. The fourth-order valence-corrected chi connectivity index (χ4v) is 2.14. The number of hydrogen-bond donors (Lipinski definition) is 1. The van der Waals surface area contributed by atoms with Gasteiger partial charge in [0.05, 0.1) is 24.2 Å². The van der Waals surface area contributed by atoms with Gasteiger partial charge in [-0.25, -0.2) is 4.39 Å². The quantitative estimate of drug-likeness (QED) is 0.670. The van der Waals surface area contributed by atoms with Crippen molar-refractivity contribution < 1.29 is 18.8 Å². The summed E-state index contributed by atoms with van der Waals surface area (Å²) in [6.45, 7) is 0. The monoisotopic (exact) mass is 329 g/mol. The molecule has 0 aliphatic heterocycles. The van der Waals surface area contributed by atoms with Crippen molar-refractivity contribution in [3.63, 3.8) is 0 Å². The van der Waals surface area contributed by atoms with E-state index in [0.717, 1.165) is 12.1 Å². The van der Waals surface area contributed by atoms with E-state index in [1.54, 1.807) is 24.3 Å². The van der Waals surface area contributed by atoms with Crippen molar-refractivity contribution in [1.29, 1.82) is 5.26 Å². The maximum atomic E-state index is 13.2. The minimum atomic E-state index is -1.08. The summed E-state index contributed by atoms with van der Waals surface area (Å²) in [6, 6.07) is 9.97. The van der Waals surface area contributed by atoms with Crippen molar-refractivity contribution in [1.82, 2.24) is 5.32 Å². The van der Waals surface area contributed by atoms with Crippen molar-refractivity contribution in [2.24, 2.45) is 0 Å². The van der Waals surface area contributed by atoms with Crippen molar-refractivity contribution in [2.45, 2.75) is 6.04 Å². The van der Waals surface area contributed by atoms with Crippen LogP contribution < -0.4 is 10.1 Å². The van der Waals surface area contributed by atoms with Crippen LogP contribution in [-0.4, -0.2) is 17.9 Å². The van der Waals surface area contributed by atoms with E-state index in [1.165, 1.54) is 7.11 Å². The molecule has 2 aromatic carbocycles. The molecule has 0 fully saturated rings. The van der Waals surface area contributed by atoms with E-state index in [1.807, 2.05) is 6.07 Å². The average Bonchev–Trinajstić information content (AvgIpc) is 2.59. The van der Waals surface area contributed by atoms with Crippen molar-refractivity contribution >= 4 is 11.6 Å². The van der Waals surface area contributed by atoms with E-state index in [9.17, 15) is 24.6 Å². The third kappa shape index (κ3) is 3.47. The van der Waals surface area contributed by atoms with Crippen LogP contribution in [0.3, 0.4) is 0 Å². The Labute approximate surface area is 136 Å². The van der Waals surface area contributed by atoms with Crippen LogP contribution in [0.4, 0.5) is 10.1 Å². The molecule has 2 rings (SSSR count). The highest BCUT2D eigenvalue weighted by Crippen LogP contribution is 2.26. The van der Waals surface area contributed by atoms with Gasteiger partial charge in [0.2, 0.25) is 0 Å². The first kappa shape index (κ1) is 16.9. The van der Waals surface area contributed by atoms with Gasteiger partial charge in [-0.05, 0) is 18.2 Å². The molecule has 0 bridgehead atoms. The molecule has 0 spiro atoms. The van der Waals surface area contributed by atoms with E-state index in [4.69, 9.17) is 4.74 Å². The summed E-state index contributed by atoms with van der Waals surface area (Å²) >= 11 is 0. The molecular formula is C16H12FN3O4. The number of methoxy groups -OCH3 is 1. The molecule has 0 radical (unpaired) electrons. The van der Waals surface area contributed by atoms with E-state index in [-0.39, 0.29) is 5.56 Å². The Morgan fingerprint density at radius 2 is 2.08 bits per heavy atom. The van der Waals surface area contributed by atoms with Crippen LogP contribution >= 0.6 is 0 Å². The molecule has 1 atom stereocenters. The zero-order valence-electron chi connectivity index (χ0n) is 12.5. The largest absolute Gasteiger partial charge is 0.496 e. The van der Waals surface area contributed by atoms with Gasteiger partial charge in [-0.2, -0.15) is 5.26 Å². The number of ether oxygens (including phenoxy) is 1. The number of nitro benzene ring substituents is 1. The molecule has 1 unspecified atom stereocenters. The molecule has 0 aliphatic rings. The van der Waals surface area contributed by atoms with Crippen LogP contribution in [0.2, 0.25) is 0 Å². The minimum absolute atomic E-state index is 0.337. The first-order valence-corrected chi connectivity index (χ1v) is 6.75. The Balaban J connectivity index is 2.35. The zero-order chi connectivity index (χ0) is 17.7. The number of rotatable bonds is 5. The molecular weight excluding hydrogens is 317 g/mol. The fourth-order valence-electron chi connectivity index (χ4n) is 2.14. The summed E-state index contributed by atoms with van der Waals surface area (Å²) in [5.41, 5.74) is -0.610. The first-order chi connectivity index (χ1) is 11.5. The smallest absolute Gasteiger partial charge is 0.285 e. The van der Waals surface area contributed by atoms with Crippen LogP contribution in [0.25, 0.3) is 0 Å². The molecule has 7 nitrogen and oxygen atoms in total. The van der Waals surface area contributed by atoms with Gasteiger partial charge in [-0.15, -0.1) is 0 Å². The van der Waals surface area contributed by atoms with Gasteiger partial charge >= 0.3 is 0 Å². The number of amides is 1. The van der Waals surface area contributed by atoms with Crippen LogP contribution in [0.15, 0.2) is 42.5 Å². The third-order valence-electron chi connectivity index (χ3n) is 3.26. The topological polar surface area (TPSA) is 105 Å². The Kier molecular flexibility index (Phi) is 5.06. The average molecular weight is 329 g/mol.